The summed E-state index contributed by atoms with van der Waals surface area (Å²) in [6.45, 7) is 5.96. The lowest BCUT2D eigenvalue weighted by atomic mass is 10.1. The van der Waals surface area contributed by atoms with Gasteiger partial charge in [0.2, 0.25) is 5.91 Å². The number of fused-ring (bicyclic) bond motifs is 2. The molecule has 0 saturated carbocycles. The van der Waals surface area contributed by atoms with Crippen LogP contribution in [-0.2, 0) is 11.3 Å². The molecular weight excluding hydrogens is 392 g/mol. The zero-order valence-corrected chi connectivity index (χ0v) is 17.8. The van der Waals surface area contributed by atoms with E-state index in [1.807, 2.05) is 59.5 Å². The Labute approximate surface area is 180 Å². The van der Waals surface area contributed by atoms with Crippen molar-refractivity contribution in [3.05, 3.63) is 54.0 Å². The number of hydrogen-bond acceptors (Lipinski definition) is 5. The molecule has 31 heavy (non-hydrogen) atoms. The number of nitrogens with zero attached hydrogens (tertiary/aromatic N) is 5. The Morgan fingerprint density at radius 2 is 1.97 bits per heavy atom. The molecule has 0 aliphatic carbocycles. The van der Waals surface area contributed by atoms with Gasteiger partial charge in [0.05, 0.1) is 11.2 Å². The molecule has 0 atom stereocenters. The fraction of sp³-hybridized carbons (Fsp3) is 0.348. The average Bonchev–Trinajstić information content (AvgIpc) is 3.31. The van der Waals surface area contributed by atoms with E-state index in [4.69, 9.17) is 10.5 Å². The molecule has 3 aromatic heterocycles. The van der Waals surface area contributed by atoms with Crippen molar-refractivity contribution in [1.82, 2.24) is 19.2 Å². The summed E-state index contributed by atoms with van der Waals surface area (Å²) >= 11 is 0. The average molecular weight is 419 g/mol. The van der Waals surface area contributed by atoms with E-state index in [0.717, 1.165) is 65.4 Å². The second-order valence-electron chi connectivity index (χ2n) is 8.21. The van der Waals surface area contributed by atoms with Gasteiger partial charge in [0.15, 0.2) is 5.65 Å². The summed E-state index contributed by atoms with van der Waals surface area (Å²) in [7, 11) is 0. The fourth-order valence-electron chi connectivity index (χ4n) is 4.41. The third kappa shape index (κ3) is 3.69. The first-order chi connectivity index (χ1) is 15.0. The number of aryl methyl sites for hydroxylation is 2. The van der Waals surface area contributed by atoms with Gasteiger partial charge < -0.3 is 19.9 Å². The number of nitrogens with two attached hydrogens (primary N) is 1. The molecule has 0 unspecified atom stereocenters. The van der Waals surface area contributed by atoms with Gasteiger partial charge in [-0.3, -0.25) is 4.79 Å². The summed E-state index contributed by atoms with van der Waals surface area (Å²) in [6.07, 6.45) is 3.86. The molecule has 5 rings (SSSR count). The molecule has 1 saturated heterocycles. The standard InChI is InChI=1S/C23H26N6O2/c1-15-13-23(29-22(25-15)12-16(2)26-29)27-9-6-17(7-10-27)31-20-5-3-4-19-18(20)8-11-28(19)14-21(24)30/h3-5,8,11-13,17H,6-7,9-10,14H2,1-2H3,(H2,24,30). The van der Waals surface area contributed by atoms with Crippen LogP contribution in [0.25, 0.3) is 16.6 Å². The molecule has 1 fully saturated rings. The van der Waals surface area contributed by atoms with Gasteiger partial charge in [-0.2, -0.15) is 9.61 Å². The summed E-state index contributed by atoms with van der Waals surface area (Å²) in [5.41, 5.74) is 9.17. The molecular formula is C23H26N6O2. The topological polar surface area (TPSA) is 90.7 Å². The second kappa shape index (κ2) is 7.61. The van der Waals surface area contributed by atoms with E-state index >= 15 is 0 Å². The highest BCUT2D eigenvalue weighted by Gasteiger charge is 2.24. The van der Waals surface area contributed by atoms with Crippen LogP contribution in [0.4, 0.5) is 5.82 Å². The zero-order chi connectivity index (χ0) is 21.5. The van der Waals surface area contributed by atoms with Gasteiger partial charge in [-0.25, -0.2) is 4.98 Å². The number of anilines is 1. The molecule has 0 radical (unpaired) electrons. The van der Waals surface area contributed by atoms with Crippen molar-refractivity contribution in [1.29, 1.82) is 0 Å². The Balaban J connectivity index is 1.32. The van der Waals surface area contributed by atoms with E-state index in [9.17, 15) is 4.79 Å². The Kier molecular flexibility index (Phi) is 4.77. The first-order valence-electron chi connectivity index (χ1n) is 10.6. The van der Waals surface area contributed by atoms with E-state index < -0.39 is 0 Å². The predicted molar refractivity (Wildman–Crippen MR) is 119 cm³/mol. The van der Waals surface area contributed by atoms with Crippen molar-refractivity contribution >= 4 is 28.3 Å². The molecule has 1 aliphatic rings. The number of rotatable bonds is 5. The molecule has 2 N–H and O–H groups in total. The van der Waals surface area contributed by atoms with Crippen LogP contribution in [0.3, 0.4) is 0 Å². The molecule has 0 spiro atoms. The quantitative estimate of drug-likeness (QED) is 0.538. The third-order valence-corrected chi connectivity index (χ3v) is 5.82. The monoisotopic (exact) mass is 418 g/mol. The number of benzene rings is 1. The van der Waals surface area contributed by atoms with Crippen molar-refractivity contribution in [2.45, 2.75) is 39.3 Å². The molecule has 1 amide bonds. The molecule has 0 bridgehead atoms. The van der Waals surface area contributed by atoms with Crippen molar-refractivity contribution in [3.63, 3.8) is 0 Å². The van der Waals surface area contributed by atoms with Gasteiger partial charge in [-0.15, -0.1) is 0 Å². The minimum atomic E-state index is -0.357. The molecule has 8 heteroatoms. The fourth-order valence-corrected chi connectivity index (χ4v) is 4.41. The second-order valence-corrected chi connectivity index (χ2v) is 8.21. The maximum absolute atomic E-state index is 11.3. The number of carbonyl (C=O) groups excluding carboxylic acids is 1. The minimum absolute atomic E-state index is 0.138. The molecule has 1 aliphatic heterocycles. The lowest BCUT2D eigenvalue weighted by Gasteiger charge is -2.33. The van der Waals surface area contributed by atoms with Crippen molar-refractivity contribution in [2.24, 2.45) is 5.73 Å². The highest BCUT2D eigenvalue weighted by atomic mass is 16.5. The van der Waals surface area contributed by atoms with Gasteiger partial charge in [0.1, 0.15) is 24.2 Å². The first-order valence-corrected chi connectivity index (χ1v) is 10.6. The van der Waals surface area contributed by atoms with E-state index in [1.54, 1.807) is 0 Å². The van der Waals surface area contributed by atoms with Crippen LogP contribution in [0, 0.1) is 13.8 Å². The Morgan fingerprint density at radius 1 is 1.16 bits per heavy atom. The summed E-state index contributed by atoms with van der Waals surface area (Å²) in [5.74, 6) is 1.58. The first kappa shape index (κ1) is 19.4. The highest BCUT2D eigenvalue weighted by molar-refractivity contribution is 5.88. The molecule has 1 aromatic carbocycles. The van der Waals surface area contributed by atoms with Crippen LogP contribution in [-0.4, -0.2) is 44.3 Å². The Bertz CT molecular complexity index is 1270. The predicted octanol–water partition coefficient (Wildman–Crippen LogP) is 2.83. The molecule has 4 heterocycles. The number of piperidine rings is 1. The van der Waals surface area contributed by atoms with E-state index in [-0.39, 0.29) is 18.6 Å². The summed E-state index contributed by atoms with van der Waals surface area (Å²) in [6, 6.07) is 12.0. The van der Waals surface area contributed by atoms with Crippen LogP contribution in [0.15, 0.2) is 42.6 Å². The van der Waals surface area contributed by atoms with E-state index in [2.05, 4.69) is 21.0 Å². The molecule has 8 nitrogen and oxygen atoms in total. The largest absolute Gasteiger partial charge is 0.490 e. The normalized spacial score (nSPS) is 15.1. The smallest absolute Gasteiger partial charge is 0.237 e. The van der Waals surface area contributed by atoms with E-state index in [0.29, 0.717) is 0 Å². The number of carbonyl (C=O) groups is 1. The summed E-state index contributed by atoms with van der Waals surface area (Å²) in [4.78, 5) is 18.3. The van der Waals surface area contributed by atoms with Gasteiger partial charge >= 0.3 is 0 Å². The highest BCUT2D eigenvalue weighted by Crippen LogP contribution is 2.30. The Hall–Kier alpha value is -3.55. The zero-order valence-electron chi connectivity index (χ0n) is 17.8. The van der Waals surface area contributed by atoms with Crippen LogP contribution < -0.4 is 15.4 Å². The van der Waals surface area contributed by atoms with Crippen LogP contribution in [0.2, 0.25) is 0 Å². The van der Waals surface area contributed by atoms with Gasteiger partial charge in [-0.1, -0.05) is 6.07 Å². The van der Waals surface area contributed by atoms with Gasteiger partial charge in [-0.05, 0) is 32.0 Å². The third-order valence-electron chi connectivity index (χ3n) is 5.82. The van der Waals surface area contributed by atoms with Gasteiger partial charge in [0, 0.05) is 55.3 Å². The summed E-state index contributed by atoms with van der Waals surface area (Å²) in [5, 5.41) is 5.62. The van der Waals surface area contributed by atoms with Crippen molar-refractivity contribution < 1.29 is 9.53 Å². The number of aromatic nitrogens is 4. The molecule has 4 aromatic rings. The number of ether oxygens (including phenoxy) is 1. The van der Waals surface area contributed by atoms with Crippen molar-refractivity contribution in [3.8, 4) is 5.75 Å². The number of hydrogen-bond donors (Lipinski definition) is 1. The number of primary amides is 1. The Morgan fingerprint density at radius 3 is 2.74 bits per heavy atom. The lowest BCUT2D eigenvalue weighted by Crippen LogP contribution is -2.39. The van der Waals surface area contributed by atoms with E-state index in [1.165, 1.54) is 0 Å². The van der Waals surface area contributed by atoms with Crippen LogP contribution >= 0.6 is 0 Å². The van der Waals surface area contributed by atoms with Crippen LogP contribution in [0.1, 0.15) is 24.2 Å². The van der Waals surface area contributed by atoms with Gasteiger partial charge in [0.25, 0.3) is 0 Å². The lowest BCUT2D eigenvalue weighted by molar-refractivity contribution is -0.118. The summed E-state index contributed by atoms with van der Waals surface area (Å²) < 4.78 is 10.2. The van der Waals surface area contributed by atoms with Crippen molar-refractivity contribution in [2.75, 3.05) is 18.0 Å². The maximum atomic E-state index is 11.3. The maximum Gasteiger partial charge on any atom is 0.237 e. The van der Waals surface area contributed by atoms with Crippen LogP contribution in [0.5, 0.6) is 5.75 Å². The minimum Gasteiger partial charge on any atom is -0.490 e. The SMILES string of the molecule is Cc1cc(N2CCC(Oc3cccc4c3ccn4CC(N)=O)CC2)n2nc(C)cc2n1. The number of amides is 1. The molecule has 160 valence electrons.